The number of benzene rings is 1. The van der Waals surface area contributed by atoms with E-state index in [-0.39, 0.29) is 34.7 Å². The molecule has 2 saturated carbocycles. The number of hydrogen-bond acceptors (Lipinski definition) is 4. The van der Waals surface area contributed by atoms with Crippen molar-refractivity contribution >= 4 is 15.9 Å². The van der Waals surface area contributed by atoms with E-state index in [1.54, 1.807) is 13.0 Å². The molecule has 0 spiro atoms. The molecule has 4 aliphatic carbocycles. The summed E-state index contributed by atoms with van der Waals surface area (Å²) in [6.07, 6.45) is 8.15. The summed E-state index contributed by atoms with van der Waals surface area (Å²) < 4.78 is 67.3. The first kappa shape index (κ1) is 23.4. The average Bonchev–Trinajstić information content (AvgIpc) is 3.09. The quantitative estimate of drug-likeness (QED) is 0.373. The lowest BCUT2D eigenvalue weighted by Gasteiger charge is -2.57. The first-order chi connectivity index (χ1) is 15.9. The Hall–Kier alpha value is -2.35. The molecule has 8 heteroatoms. The van der Waals surface area contributed by atoms with E-state index in [0.717, 1.165) is 36.0 Å². The van der Waals surface area contributed by atoms with Gasteiger partial charge in [-0.05, 0) is 67.6 Å². The highest BCUT2D eigenvalue weighted by molar-refractivity contribution is 7.87. The van der Waals surface area contributed by atoms with Gasteiger partial charge < -0.3 is 4.18 Å². The molecule has 5 unspecified atom stereocenters. The number of hydrogen-bond donors (Lipinski definition) is 0. The van der Waals surface area contributed by atoms with Crippen LogP contribution in [0, 0.1) is 22.7 Å². The lowest BCUT2D eigenvalue weighted by molar-refractivity contribution is -0.116. The summed E-state index contributed by atoms with van der Waals surface area (Å²) in [6.45, 7) is 4.00. The molecule has 34 heavy (non-hydrogen) atoms. The van der Waals surface area contributed by atoms with E-state index >= 15 is 0 Å². The summed E-state index contributed by atoms with van der Waals surface area (Å²) in [6, 6.07) is 10.00. The van der Waals surface area contributed by atoms with Crippen LogP contribution < -0.4 is 0 Å². The average molecular weight is 493 g/mol. The summed E-state index contributed by atoms with van der Waals surface area (Å²) in [5, 5.41) is 0. The molecule has 5 rings (SSSR count). The molecule has 0 radical (unpaired) electrons. The molecule has 2 fully saturated rings. The fraction of sp³-hybridized carbons (Fsp3) is 0.500. The summed E-state index contributed by atoms with van der Waals surface area (Å²) in [4.78, 5) is 12.4. The van der Waals surface area contributed by atoms with E-state index in [0.29, 0.717) is 12.8 Å². The molecule has 5 atom stereocenters. The maximum absolute atomic E-state index is 13.0. The summed E-state index contributed by atoms with van der Waals surface area (Å²) in [7, 11) is -5.74. The number of alkyl halides is 3. The van der Waals surface area contributed by atoms with E-state index in [4.69, 9.17) is 0 Å². The minimum atomic E-state index is -5.74. The predicted molar refractivity (Wildman–Crippen MR) is 121 cm³/mol. The van der Waals surface area contributed by atoms with Gasteiger partial charge in [0.2, 0.25) is 0 Å². The van der Waals surface area contributed by atoms with E-state index in [2.05, 4.69) is 23.2 Å². The number of carbonyl (C=O) groups is 1. The lowest BCUT2D eigenvalue weighted by Crippen LogP contribution is -2.49. The second kappa shape index (κ2) is 7.57. The lowest BCUT2D eigenvalue weighted by atomic mass is 9.46. The zero-order chi connectivity index (χ0) is 24.5. The van der Waals surface area contributed by atoms with Crippen LogP contribution in [0.2, 0.25) is 0 Å². The smallest absolute Gasteiger partial charge is 0.380 e. The first-order valence-corrected chi connectivity index (χ1v) is 13.0. The summed E-state index contributed by atoms with van der Waals surface area (Å²) in [5.41, 5.74) is -3.38. The van der Waals surface area contributed by atoms with E-state index in [1.807, 2.05) is 24.3 Å². The molecule has 1 aromatic rings. The monoisotopic (exact) mass is 492 g/mol. The second-order valence-corrected chi connectivity index (χ2v) is 11.9. The van der Waals surface area contributed by atoms with Gasteiger partial charge in [-0.25, -0.2) is 0 Å². The third-order valence-corrected chi connectivity index (χ3v) is 9.64. The Bertz CT molecular complexity index is 1230. The molecular formula is C26H27F3O4S. The van der Waals surface area contributed by atoms with Crippen LogP contribution >= 0.6 is 0 Å². The number of halogens is 3. The van der Waals surface area contributed by atoms with Crippen LogP contribution in [0.25, 0.3) is 0 Å². The minimum absolute atomic E-state index is 0.0174. The van der Waals surface area contributed by atoms with Gasteiger partial charge in [0.25, 0.3) is 0 Å². The first-order valence-electron chi connectivity index (χ1n) is 11.6. The molecule has 0 bridgehead atoms. The molecular weight excluding hydrogens is 465 g/mol. The Morgan fingerprint density at radius 1 is 1.03 bits per heavy atom. The Balaban J connectivity index is 1.53. The number of rotatable bonds is 3. The second-order valence-electron chi connectivity index (χ2n) is 10.4. The summed E-state index contributed by atoms with van der Waals surface area (Å²) in [5.74, 6) is 0.273. The van der Waals surface area contributed by atoms with Crippen LogP contribution in [0.5, 0.6) is 0 Å². The van der Waals surface area contributed by atoms with Gasteiger partial charge in [0.15, 0.2) is 5.78 Å². The molecule has 0 N–H and O–H groups in total. The van der Waals surface area contributed by atoms with Crippen molar-refractivity contribution in [2.24, 2.45) is 22.7 Å². The minimum Gasteiger partial charge on any atom is -0.380 e. The summed E-state index contributed by atoms with van der Waals surface area (Å²) >= 11 is 0. The van der Waals surface area contributed by atoms with Crippen LogP contribution in [-0.4, -0.2) is 19.7 Å². The maximum Gasteiger partial charge on any atom is 0.534 e. The largest absolute Gasteiger partial charge is 0.534 e. The van der Waals surface area contributed by atoms with Crippen molar-refractivity contribution in [1.29, 1.82) is 0 Å². The predicted octanol–water partition coefficient (Wildman–Crippen LogP) is 6.19. The Labute approximate surface area is 197 Å². The highest BCUT2D eigenvalue weighted by atomic mass is 32.2. The van der Waals surface area contributed by atoms with Gasteiger partial charge in [-0.15, -0.1) is 0 Å². The van der Waals surface area contributed by atoms with E-state index in [9.17, 15) is 26.4 Å². The number of fused-ring (bicyclic) bond motifs is 5. The SMILES string of the molecule is CC12CCC3C(CC(c4ccccc4)C4=CC(=O)CCC43C)C1=CC=C2OS(=O)(=O)C(F)(F)F. The Kier molecular flexibility index (Phi) is 5.21. The Morgan fingerprint density at radius 3 is 2.41 bits per heavy atom. The molecule has 0 heterocycles. The molecule has 0 saturated heterocycles. The highest BCUT2D eigenvalue weighted by Gasteiger charge is 2.59. The Morgan fingerprint density at radius 2 is 1.74 bits per heavy atom. The van der Waals surface area contributed by atoms with Crippen molar-refractivity contribution < 1.29 is 30.6 Å². The van der Waals surface area contributed by atoms with E-state index < -0.39 is 21.0 Å². The number of ketones is 1. The zero-order valence-electron chi connectivity index (χ0n) is 19.1. The van der Waals surface area contributed by atoms with Gasteiger partial charge in [0.05, 0.1) is 0 Å². The van der Waals surface area contributed by atoms with Gasteiger partial charge in [-0.3, -0.25) is 4.79 Å². The van der Waals surface area contributed by atoms with Crippen molar-refractivity contribution in [1.82, 2.24) is 0 Å². The van der Waals surface area contributed by atoms with Crippen LogP contribution in [0.3, 0.4) is 0 Å². The van der Waals surface area contributed by atoms with Gasteiger partial charge in [0, 0.05) is 17.8 Å². The van der Waals surface area contributed by atoms with Gasteiger partial charge in [-0.2, -0.15) is 21.6 Å². The fourth-order valence-electron chi connectivity index (χ4n) is 6.89. The number of allylic oxidation sites excluding steroid dienone is 5. The molecule has 0 aromatic heterocycles. The molecule has 0 amide bonds. The zero-order valence-corrected chi connectivity index (χ0v) is 19.9. The van der Waals surface area contributed by atoms with Gasteiger partial charge in [-0.1, -0.05) is 54.5 Å². The van der Waals surface area contributed by atoms with Crippen molar-refractivity contribution in [2.45, 2.75) is 57.4 Å². The number of carbonyl (C=O) groups excluding carboxylic acids is 1. The highest BCUT2D eigenvalue weighted by Crippen LogP contribution is 2.66. The van der Waals surface area contributed by atoms with Crippen LogP contribution in [0.1, 0.15) is 57.4 Å². The normalized spacial score (nSPS) is 35.4. The third-order valence-electron chi connectivity index (χ3n) is 8.67. The maximum atomic E-state index is 13.0. The topological polar surface area (TPSA) is 60.4 Å². The standard InChI is InChI=1S/C26H27F3O4S/c1-24-12-10-17(30)14-22(24)18(16-6-4-3-5-7-16)15-19-20-8-9-23(25(20,2)13-11-21(19)24)33-34(31,32)26(27,28)29/h3-9,14,18-19,21H,10-13,15H2,1-2H3. The molecule has 182 valence electrons. The molecule has 4 nitrogen and oxygen atoms in total. The van der Waals surface area contributed by atoms with Crippen LogP contribution in [0.4, 0.5) is 13.2 Å². The van der Waals surface area contributed by atoms with Crippen molar-refractivity contribution in [2.75, 3.05) is 0 Å². The molecule has 4 aliphatic rings. The van der Waals surface area contributed by atoms with Crippen LogP contribution in [0.15, 0.2) is 65.5 Å². The van der Waals surface area contributed by atoms with Crippen LogP contribution in [-0.2, 0) is 19.1 Å². The van der Waals surface area contributed by atoms with Gasteiger partial charge in [0.1, 0.15) is 5.76 Å². The van der Waals surface area contributed by atoms with Crippen molar-refractivity contribution in [3.63, 3.8) is 0 Å². The molecule has 0 aliphatic heterocycles. The van der Waals surface area contributed by atoms with E-state index in [1.165, 1.54) is 6.08 Å². The van der Waals surface area contributed by atoms with Crippen molar-refractivity contribution in [3.05, 3.63) is 71.0 Å². The van der Waals surface area contributed by atoms with Crippen molar-refractivity contribution in [3.8, 4) is 0 Å². The molecule has 1 aromatic carbocycles. The fourth-order valence-corrected chi connectivity index (χ4v) is 7.47. The third kappa shape index (κ3) is 3.40. The van der Waals surface area contributed by atoms with Gasteiger partial charge >= 0.3 is 15.6 Å².